The predicted octanol–water partition coefficient (Wildman–Crippen LogP) is -2.36. The van der Waals surface area contributed by atoms with Crippen molar-refractivity contribution in [2.24, 2.45) is 0 Å². The highest BCUT2D eigenvalue weighted by Crippen LogP contribution is 2.20. The lowest BCUT2D eigenvalue weighted by Gasteiger charge is -2.37. The summed E-state index contributed by atoms with van der Waals surface area (Å²) < 4.78 is 9.48. The minimum atomic E-state index is -1.44. The monoisotopic (exact) mass is 192 g/mol. The molecule has 6 nitrogen and oxygen atoms in total. The molecule has 1 aliphatic rings. The molecule has 0 spiro atoms. The van der Waals surface area contributed by atoms with Crippen molar-refractivity contribution in [2.45, 2.75) is 30.7 Å². The summed E-state index contributed by atoms with van der Waals surface area (Å²) in [6, 6.07) is 0. The van der Waals surface area contributed by atoms with Gasteiger partial charge in [0, 0.05) is 7.11 Å². The van der Waals surface area contributed by atoms with E-state index in [0.29, 0.717) is 6.29 Å². The van der Waals surface area contributed by atoms with Crippen LogP contribution in [0, 0.1) is 0 Å². The first-order valence-electron chi connectivity index (χ1n) is 3.79. The molecule has 5 atom stereocenters. The minimum Gasteiger partial charge on any atom is -0.387 e. The number of ether oxygens (including phenoxy) is 2. The Hall–Kier alpha value is -0.530. The van der Waals surface area contributed by atoms with Crippen molar-refractivity contribution < 1.29 is 29.6 Å². The van der Waals surface area contributed by atoms with Gasteiger partial charge in [0.2, 0.25) is 0 Å². The largest absolute Gasteiger partial charge is 0.387 e. The zero-order chi connectivity index (χ0) is 10.0. The Labute approximate surface area is 74.7 Å². The molecule has 0 bridgehead atoms. The van der Waals surface area contributed by atoms with E-state index in [1.165, 1.54) is 7.11 Å². The van der Waals surface area contributed by atoms with Crippen LogP contribution in [0.15, 0.2) is 0 Å². The van der Waals surface area contributed by atoms with E-state index >= 15 is 0 Å². The van der Waals surface area contributed by atoms with Crippen molar-refractivity contribution in [3.63, 3.8) is 0 Å². The number of carbonyl (C=O) groups is 1. The molecule has 6 heteroatoms. The number of aliphatic hydroxyl groups excluding tert-OH is 3. The van der Waals surface area contributed by atoms with Gasteiger partial charge in [0.15, 0.2) is 12.6 Å². The van der Waals surface area contributed by atoms with Crippen molar-refractivity contribution in [1.29, 1.82) is 0 Å². The second kappa shape index (κ2) is 4.12. The maximum Gasteiger partial charge on any atom is 0.186 e. The molecule has 0 aromatic carbocycles. The molecule has 0 aromatic rings. The number of aldehydes is 1. The Kier molecular flexibility index (Phi) is 3.34. The normalized spacial score (nSPS) is 46.0. The molecule has 0 aliphatic carbocycles. The summed E-state index contributed by atoms with van der Waals surface area (Å²) in [5, 5.41) is 27.7. The van der Waals surface area contributed by atoms with Crippen LogP contribution in [0.25, 0.3) is 0 Å². The summed E-state index contributed by atoms with van der Waals surface area (Å²) in [5.74, 6) is 0. The van der Waals surface area contributed by atoms with Crippen molar-refractivity contribution >= 4 is 6.29 Å². The highest BCUT2D eigenvalue weighted by molar-refractivity contribution is 5.57. The topological polar surface area (TPSA) is 96.2 Å². The summed E-state index contributed by atoms with van der Waals surface area (Å²) in [7, 11) is 1.26. The Morgan fingerprint density at radius 1 is 1.23 bits per heavy atom. The summed E-state index contributed by atoms with van der Waals surface area (Å²) in [6.07, 6.45) is -6.10. The van der Waals surface area contributed by atoms with Crippen LogP contribution in [-0.4, -0.2) is 59.4 Å². The molecule has 3 N–H and O–H groups in total. The maximum absolute atomic E-state index is 10.4. The molecule has 1 rings (SSSR count). The fourth-order valence-corrected chi connectivity index (χ4v) is 1.18. The smallest absolute Gasteiger partial charge is 0.186 e. The van der Waals surface area contributed by atoms with Crippen LogP contribution in [0.1, 0.15) is 0 Å². The third-order valence-corrected chi connectivity index (χ3v) is 1.97. The van der Waals surface area contributed by atoms with Crippen LogP contribution in [0.3, 0.4) is 0 Å². The average molecular weight is 192 g/mol. The molecule has 13 heavy (non-hydrogen) atoms. The SMILES string of the molecule is CO[C@@H]1O[C@H](C=O)[C@H](O)[C@H](O)[C@H]1O. The van der Waals surface area contributed by atoms with E-state index in [0.717, 1.165) is 0 Å². The first kappa shape index (κ1) is 10.6. The van der Waals surface area contributed by atoms with E-state index in [-0.39, 0.29) is 0 Å². The third kappa shape index (κ3) is 1.87. The molecule has 1 aliphatic heterocycles. The molecule has 0 aromatic heterocycles. The molecule has 1 saturated heterocycles. The van der Waals surface area contributed by atoms with Gasteiger partial charge in [-0.2, -0.15) is 0 Å². The third-order valence-electron chi connectivity index (χ3n) is 1.97. The van der Waals surface area contributed by atoms with Gasteiger partial charge >= 0.3 is 0 Å². The fraction of sp³-hybridized carbons (Fsp3) is 0.857. The van der Waals surface area contributed by atoms with Crippen LogP contribution in [-0.2, 0) is 14.3 Å². The second-order valence-corrected chi connectivity index (χ2v) is 2.81. The number of carbonyl (C=O) groups excluding carboxylic acids is 1. The maximum atomic E-state index is 10.4. The molecular formula is C7H12O6. The van der Waals surface area contributed by atoms with E-state index in [4.69, 9.17) is 4.74 Å². The van der Waals surface area contributed by atoms with Crippen LogP contribution in [0.5, 0.6) is 0 Å². The molecule has 0 unspecified atom stereocenters. The molecule has 1 heterocycles. The zero-order valence-electron chi connectivity index (χ0n) is 7.03. The van der Waals surface area contributed by atoms with E-state index in [2.05, 4.69) is 4.74 Å². The van der Waals surface area contributed by atoms with Gasteiger partial charge in [-0.1, -0.05) is 0 Å². The van der Waals surface area contributed by atoms with Gasteiger partial charge in [-0.3, -0.25) is 0 Å². The van der Waals surface area contributed by atoms with Crippen molar-refractivity contribution in [3.8, 4) is 0 Å². The van der Waals surface area contributed by atoms with Gasteiger partial charge in [0.1, 0.15) is 24.4 Å². The van der Waals surface area contributed by atoms with Gasteiger partial charge in [0.05, 0.1) is 0 Å². The van der Waals surface area contributed by atoms with Gasteiger partial charge < -0.3 is 29.6 Å². The summed E-state index contributed by atoms with van der Waals surface area (Å²) in [4.78, 5) is 10.4. The number of hydrogen-bond acceptors (Lipinski definition) is 6. The van der Waals surface area contributed by atoms with Crippen LogP contribution in [0.2, 0.25) is 0 Å². The lowest BCUT2D eigenvalue weighted by molar-refractivity contribution is -0.280. The first-order chi connectivity index (χ1) is 6.11. The number of aliphatic hydroxyl groups is 3. The number of rotatable bonds is 2. The van der Waals surface area contributed by atoms with Crippen molar-refractivity contribution in [3.05, 3.63) is 0 Å². The van der Waals surface area contributed by atoms with Crippen LogP contribution < -0.4 is 0 Å². The predicted molar refractivity (Wildman–Crippen MR) is 39.8 cm³/mol. The highest BCUT2D eigenvalue weighted by atomic mass is 16.7. The molecule has 0 saturated carbocycles. The first-order valence-corrected chi connectivity index (χ1v) is 3.79. The Morgan fingerprint density at radius 2 is 1.85 bits per heavy atom. The van der Waals surface area contributed by atoms with E-state index in [1.807, 2.05) is 0 Å². The Bertz CT molecular complexity index is 182. The average Bonchev–Trinajstić information content (AvgIpc) is 2.15. The van der Waals surface area contributed by atoms with Crippen molar-refractivity contribution in [1.82, 2.24) is 0 Å². The van der Waals surface area contributed by atoms with E-state index in [1.54, 1.807) is 0 Å². The highest BCUT2D eigenvalue weighted by Gasteiger charge is 2.43. The van der Waals surface area contributed by atoms with Gasteiger partial charge in [-0.25, -0.2) is 0 Å². The van der Waals surface area contributed by atoms with Crippen molar-refractivity contribution in [2.75, 3.05) is 7.11 Å². The van der Waals surface area contributed by atoms with Gasteiger partial charge in [0.25, 0.3) is 0 Å². The zero-order valence-corrected chi connectivity index (χ0v) is 7.03. The standard InChI is InChI=1S/C7H12O6/c1-12-7-6(11)5(10)4(9)3(2-8)13-7/h2-7,9-11H,1H3/t3-,4+,5+,6-,7-/m1/s1. The minimum absolute atomic E-state index is 0.353. The number of hydrogen-bond donors (Lipinski definition) is 3. The van der Waals surface area contributed by atoms with Crippen LogP contribution >= 0.6 is 0 Å². The van der Waals surface area contributed by atoms with Gasteiger partial charge in [-0.05, 0) is 0 Å². The second-order valence-electron chi connectivity index (χ2n) is 2.81. The quantitative estimate of drug-likeness (QED) is 0.423. The van der Waals surface area contributed by atoms with Crippen LogP contribution in [0.4, 0.5) is 0 Å². The Morgan fingerprint density at radius 3 is 2.31 bits per heavy atom. The molecule has 76 valence electrons. The fourth-order valence-electron chi connectivity index (χ4n) is 1.18. The summed E-state index contributed by atoms with van der Waals surface area (Å²) in [6.45, 7) is 0. The lowest BCUT2D eigenvalue weighted by atomic mass is 10.00. The molecular weight excluding hydrogens is 180 g/mol. The Balaban J connectivity index is 2.71. The molecule has 1 fully saturated rings. The molecule has 0 amide bonds. The number of methoxy groups -OCH3 is 1. The van der Waals surface area contributed by atoms with E-state index < -0.39 is 30.7 Å². The molecule has 0 radical (unpaired) electrons. The summed E-state index contributed by atoms with van der Waals surface area (Å²) in [5.41, 5.74) is 0. The van der Waals surface area contributed by atoms with E-state index in [9.17, 15) is 20.1 Å². The van der Waals surface area contributed by atoms with Gasteiger partial charge in [-0.15, -0.1) is 0 Å². The lowest BCUT2D eigenvalue weighted by Crippen LogP contribution is -2.58. The summed E-state index contributed by atoms with van der Waals surface area (Å²) >= 11 is 0.